The fourth-order valence-corrected chi connectivity index (χ4v) is 2.24. The van der Waals surface area contributed by atoms with Gasteiger partial charge in [-0.2, -0.15) is 0 Å². The second-order valence-corrected chi connectivity index (χ2v) is 5.01. The van der Waals surface area contributed by atoms with E-state index in [4.69, 9.17) is 14.6 Å². The van der Waals surface area contributed by atoms with Crippen LogP contribution in [0.1, 0.15) is 12.5 Å². The third-order valence-corrected chi connectivity index (χ3v) is 3.39. The minimum absolute atomic E-state index is 0.00681. The van der Waals surface area contributed by atoms with Gasteiger partial charge in [-0.05, 0) is 22.4 Å². The Bertz CT molecular complexity index is 486. The summed E-state index contributed by atoms with van der Waals surface area (Å²) >= 11 is 3.22. The number of phenolic OH excluding ortho intramolecular Hbond substituents is 1. The molecule has 1 aliphatic heterocycles. The third-order valence-electron chi connectivity index (χ3n) is 2.79. The molecule has 0 amide bonds. The van der Waals surface area contributed by atoms with Crippen LogP contribution in [0, 0.1) is 5.92 Å². The van der Waals surface area contributed by atoms with Crippen LogP contribution in [0.4, 0.5) is 0 Å². The van der Waals surface area contributed by atoms with E-state index in [9.17, 15) is 9.90 Å². The molecule has 1 atom stereocenters. The Balaban J connectivity index is 2.43. The molecule has 6 heteroatoms. The molecule has 18 heavy (non-hydrogen) atoms. The number of ether oxygens (including phenoxy) is 2. The summed E-state index contributed by atoms with van der Waals surface area (Å²) in [4.78, 5) is 10.9. The maximum absolute atomic E-state index is 10.9. The van der Waals surface area contributed by atoms with Gasteiger partial charge in [-0.15, -0.1) is 0 Å². The van der Waals surface area contributed by atoms with Crippen LogP contribution in [-0.2, 0) is 11.2 Å². The number of hydrogen-bond donors (Lipinski definition) is 2. The molecule has 1 unspecified atom stereocenters. The van der Waals surface area contributed by atoms with Crippen LogP contribution in [0.3, 0.4) is 0 Å². The van der Waals surface area contributed by atoms with Crippen LogP contribution in [0.15, 0.2) is 10.5 Å². The third kappa shape index (κ3) is 2.38. The Labute approximate surface area is 112 Å². The van der Waals surface area contributed by atoms with Gasteiger partial charge in [0.1, 0.15) is 19.0 Å². The number of hydrogen-bond acceptors (Lipinski definition) is 4. The second kappa shape index (κ2) is 5.06. The molecule has 1 aliphatic rings. The Morgan fingerprint density at radius 1 is 1.50 bits per heavy atom. The molecule has 2 N–H and O–H groups in total. The van der Waals surface area contributed by atoms with E-state index >= 15 is 0 Å². The highest BCUT2D eigenvalue weighted by molar-refractivity contribution is 9.10. The van der Waals surface area contributed by atoms with Gasteiger partial charge >= 0.3 is 5.97 Å². The SMILES string of the molecule is CC(Cc1c(O)c(Br)cc2c1OCCO2)C(=O)O. The number of carboxylic acids is 1. The van der Waals surface area contributed by atoms with E-state index in [1.54, 1.807) is 13.0 Å². The lowest BCUT2D eigenvalue weighted by Gasteiger charge is -2.23. The first-order chi connectivity index (χ1) is 8.50. The summed E-state index contributed by atoms with van der Waals surface area (Å²) < 4.78 is 11.4. The maximum atomic E-state index is 10.9. The minimum Gasteiger partial charge on any atom is -0.506 e. The number of aliphatic carboxylic acids is 1. The normalized spacial score (nSPS) is 15.2. The lowest BCUT2D eigenvalue weighted by Crippen LogP contribution is -2.19. The average Bonchev–Trinajstić information content (AvgIpc) is 2.34. The van der Waals surface area contributed by atoms with Gasteiger partial charge in [-0.3, -0.25) is 4.79 Å². The fourth-order valence-electron chi connectivity index (χ4n) is 1.79. The van der Waals surface area contributed by atoms with Crippen molar-refractivity contribution in [2.45, 2.75) is 13.3 Å². The van der Waals surface area contributed by atoms with Gasteiger partial charge in [0.25, 0.3) is 0 Å². The summed E-state index contributed by atoms with van der Waals surface area (Å²) in [6.45, 7) is 2.42. The summed E-state index contributed by atoms with van der Waals surface area (Å²) in [6, 6.07) is 1.62. The van der Waals surface area contributed by atoms with E-state index in [0.29, 0.717) is 34.7 Å². The van der Waals surface area contributed by atoms with Crippen LogP contribution in [-0.4, -0.2) is 29.4 Å². The van der Waals surface area contributed by atoms with E-state index in [1.807, 2.05) is 0 Å². The number of phenols is 1. The molecule has 0 aliphatic carbocycles. The number of carbonyl (C=O) groups is 1. The summed E-state index contributed by atoms with van der Waals surface area (Å²) in [5, 5.41) is 19.0. The number of rotatable bonds is 3. The molecule has 0 radical (unpaired) electrons. The minimum atomic E-state index is -0.917. The molecule has 0 spiro atoms. The van der Waals surface area contributed by atoms with Crippen molar-refractivity contribution in [1.82, 2.24) is 0 Å². The number of fused-ring (bicyclic) bond motifs is 1. The molecule has 0 aromatic heterocycles. The predicted octanol–water partition coefficient (Wildman–Crippen LogP) is 2.19. The summed E-state index contributed by atoms with van der Waals surface area (Å²) in [5.41, 5.74) is 0.467. The zero-order valence-electron chi connectivity index (χ0n) is 9.77. The van der Waals surface area contributed by atoms with Crippen LogP contribution in [0.5, 0.6) is 17.2 Å². The predicted molar refractivity (Wildman–Crippen MR) is 67.3 cm³/mol. The summed E-state index contributed by atoms with van der Waals surface area (Å²) in [6.07, 6.45) is 0.187. The molecule has 0 saturated heterocycles. The van der Waals surface area contributed by atoms with Gasteiger partial charge < -0.3 is 19.7 Å². The number of halogens is 1. The smallest absolute Gasteiger partial charge is 0.306 e. The lowest BCUT2D eigenvalue weighted by atomic mass is 9.99. The Kier molecular flexibility index (Phi) is 3.65. The van der Waals surface area contributed by atoms with Gasteiger partial charge in [-0.1, -0.05) is 6.92 Å². The zero-order chi connectivity index (χ0) is 13.3. The van der Waals surface area contributed by atoms with Crippen molar-refractivity contribution in [3.05, 3.63) is 16.1 Å². The zero-order valence-corrected chi connectivity index (χ0v) is 11.4. The van der Waals surface area contributed by atoms with Crippen LogP contribution < -0.4 is 9.47 Å². The largest absolute Gasteiger partial charge is 0.506 e. The first kappa shape index (κ1) is 13.0. The molecular formula is C12H13BrO5. The summed E-state index contributed by atoms with van der Waals surface area (Å²) in [5.74, 6) is -0.555. The molecule has 98 valence electrons. The molecule has 5 nitrogen and oxygen atoms in total. The number of aromatic hydroxyl groups is 1. The van der Waals surface area contributed by atoms with Crippen molar-refractivity contribution in [2.24, 2.45) is 5.92 Å². The monoisotopic (exact) mass is 316 g/mol. The van der Waals surface area contributed by atoms with Crippen molar-refractivity contribution in [1.29, 1.82) is 0 Å². The first-order valence-corrected chi connectivity index (χ1v) is 6.32. The van der Waals surface area contributed by atoms with Crippen LogP contribution in [0.25, 0.3) is 0 Å². The van der Waals surface area contributed by atoms with Crippen molar-refractivity contribution >= 4 is 21.9 Å². The van der Waals surface area contributed by atoms with Gasteiger partial charge in [0.15, 0.2) is 11.5 Å². The van der Waals surface area contributed by atoms with Crippen LogP contribution in [0.2, 0.25) is 0 Å². The van der Waals surface area contributed by atoms with E-state index < -0.39 is 11.9 Å². The highest BCUT2D eigenvalue weighted by Gasteiger charge is 2.25. The van der Waals surface area contributed by atoms with Gasteiger partial charge in [0, 0.05) is 11.6 Å². The molecule has 0 bridgehead atoms. The molecule has 1 aromatic carbocycles. The van der Waals surface area contributed by atoms with Crippen LogP contribution >= 0.6 is 15.9 Å². The quantitative estimate of drug-likeness (QED) is 0.894. The first-order valence-electron chi connectivity index (χ1n) is 5.53. The van der Waals surface area contributed by atoms with E-state index in [1.165, 1.54) is 0 Å². The van der Waals surface area contributed by atoms with Crippen molar-refractivity contribution in [3.8, 4) is 17.2 Å². The molecular weight excluding hydrogens is 304 g/mol. The Morgan fingerprint density at radius 2 is 2.17 bits per heavy atom. The van der Waals surface area contributed by atoms with Gasteiger partial charge in [0.2, 0.25) is 0 Å². The Morgan fingerprint density at radius 3 is 2.83 bits per heavy atom. The molecule has 0 fully saturated rings. The van der Waals surface area contributed by atoms with Gasteiger partial charge in [-0.25, -0.2) is 0 Å². The summed E-state index contributed by atoms with van der Waals surface area (Å²) in [7, 11) is 0. The van der Waals surface area contributed by atoms with E-state index in [2.05, 4.69) is 15.9 Å². The van der Waals surface area contributed by atoms with Gasteiger partial charge in [0.05, 0.1) is 10.4 Å². The standard InChI is InChI=1S/C12H13BrO5/c1-6(12(15)16)4-7-10(14)8(13)5-9-11(7)18-3-2-17-9/h5-6,14H,2-4H2,1H3,(H,15,16). The van der Waals surface area contributed by atoms with Crippen molar-refractivity contribution in [2.75, 3.05) is 13.2 Å². The Hall–Kier alpha value is -1.43. The topological polar surface area (TPSA) is 76.0 Å². The fraction of sp³-hybridized carbons (Fsp3) is 0.417. The molecule has 0 saturated carbocycles. The highest BCUT2D eigenvalue weighted by atomic mass is 79.9. The average molecular weight is 317 g/mol. The number of carboxylic acid groups (broad SMARTS) is 1. The molecule has 1 heterocycles. The van der Waals surface area contributed by atoms with Crippen molar-refractivity contribution < 1.29 is 24.5 Å². The maximum Gasteiger partial charge on any atom is 0.306 e. The van der Waals surface area contributed by atoms with E-state index in [-0.39, 0.29) is 12.2 Å². The second-order valence-electron chi connectivity index (χ2n) is 4.15. The van der Waals surface area contributed by atoms with Crippen molar-refractivity contribution in [3.63, 3.8) is 0 Å². The number of benzene rings is 1. The molecule has 1 aromatic rings. The molecule has 2 rings (SSSR count). The van der Waals surface area contributed by atoms with E-state index in [0.717, 1.165) is 0 Å². The highest BCUT2D eigenvalue weighted by Crippen LogP contribution is 2.44. The lowest BCUT2D eigenvalue weighted by molar-refractivity contribution is -0.141.